The Bertz CT molecular complexity index is 324. The van der Waals surface area contributed by atoms with Gasteiger partial charge in [-0.2, -0.15) is 0 Å². The van der Waals surface area contributed by atoms with E-state index >= 15 is 0 Å². The summed E-state index contributed by atoms with van der Waals surface area (Å²) in [6, 6.07) is 4.17. The molecule has 1 aliphatic carbocycles. The van der Waals surface area contributed by atoms with Crippen molar-refractivity contribution in [2.45, 2.75) is 31.6 Å². The summed E-state index contributed by atoms with van der Waals surface area (Å²) in [6.07, 6.45) is 3.94. The van der Waals surface area contributed by atoms with Crippen LogP contribution in [0.2, 0.25) is 0 Å². The first-order chi connectivity index (χ1) is 7.29. The zero-order valence-corrected chi connectivity index (χ0v) is 8.85. The normalized spacial score (nSPS) is 24.7. The lowest BCUT2D eigenvalue weighted by atomic mass is 9.90. The number of methoxy groups -OCH3 is 1. The number of nitrogens with two attached hydrogens (primary N) is 1. The van der Waals surface area contributed by atoms with Gasteiger partial charge in [-0.3, -0.25) is 0 Å². The van der Waals surface area contributed by atoms with E-state index in [2.05, 4.69) is 4.98 Å². The minimum atomic E-state index is 0.310. The molecule has 1 heterocycles. The second-order valence-electron chi connectivity index (χ2n) is 3.84. The van der Waals surface area contributed by atoms with Crippen LogP contribution in [0, 0.1) is 0 Å². The van der Waals surface area contributed by atoms with Gasteiger partial charge in [0.15, 0.2) is 0 Å². The molecular weight excluding hydrogens is 192 g/mol. The van der Waals surface area contributed by atoms with Crippen molar-refractivity contribution in [1.29, 1.82) is 0 Å². The van der Waals surface area contributed by atoms with Crippen LogP contribution in [0.3, 0.4) is 0 Å². The van der Waals surface area contributed by atoms with Gasteiger partial charge in [0, 0.05) is 17.8 Å². The summed E-state index contributed by atoms with van der Waals surface area (Å²) in [7, 11) is 1.62. The van der Waals surface area contributed by atoms with Crippen LogP contribution >= 0.6 is 0 Å². The zero-order valence-electron chi connectivity index (χ0n) is 8.85. The van der Waals surface area contributed by atoms with E-state index < -0.39 is 0 Å². The van der Waals surface area contributed by atoms with Gasteiger partial charge in [-0.25, -0.2) is 4.98 Å². The van der Waals surface area contributed by atoms with E-state index in [0.29, 0.717) is 24.6 Å². The van der Waals surface area contributed by atoms with Crippen LogP contribution < -0.4 is 10.5 Å². The van der Waals surface area contributed by atoms with Crippen molar-refractivity contribution in [3.8, 4) is 5.88 Å². The molecule has 15 heavy (non-hydrogen) atoms. The molecule has 2 N–H and O–H groups in total. The Morgan fingerprint density at radius 3 is 3.00 bits per heavy atom. The Morgan fingerprint density at radius 1 is 1.53 bits per heavy atom. The van der Waals surface area contributed by atoms with E-state index in [4.69, 9.17) is 15.2 Å². The van der Waals surface area contributed by atoms with Gasteiger partial charge < -0.3 is 15.2 Å². The Hall–Kier alpha value is -1.13. The minimum absolute atomic E-state index is 0.310. The van der Waals surface area contributed by atoms with E-state index in [9.17, 15) is 0 Å². The van der Waals surface area contributed by atoms with E-state index in [0.717, 1.165) is 18.4 Å². The minimum Gasteiger partial charge on any atom is -0.481 e. The average molecular weight is 208 g/mol. The number of hydrogen-bond donors (Lipinski definition) is 1. The molecule has 4 heteroatoms. The third kappa shape index (κ3) is 2.46. The fourth-order valence-electron chi connectivity index (χ4n) is 1.67. The third-order valence-electron chi connectivity index (χ3n) is 2.65. The molecule has 1 aromatic rings. The summed E-state index contributed by atoms with van der Waals surface area (Å²) in [4.78, 5) is 4.11. The monoisotopic (exact) mass is 208 g/mol. The summed E-state index contributed by atoms with van der Waals surface area (Å²) in [5.74, 6) is 0.640. The maximum absolute atomic E-state index is 5.68. The lowest BCUT2D eigenvalue weighted by Crippen LogP contribution is -2.41. The number of ether oxygens (including phenoxy) is 2. The molecular formula is C11H16N2O2. The van der Waals surface area contributed by atoms with Crippen molar-refractivity contribution in [3.05, 3.63) is 23.9 Å². The Labute approximate surface area is 89.4 Å². The molecule has 1 aromatic heterocycles. The molecule has 0 amide bonds. The van der Waals surface area contributed by atoms with Crippen molar-refractivity contribution in [3.63, 3.8) is 0 Å². The molecule has 1 saturated carbocycles. The molecule has 0 unspecified atom stereocenters. The van der Waals surface area contributed by atoms with Crippen LogP contribution in [0.1, 0.15) is 18.4 Å². The van der Waals surface area contributed by atoms with Crippen LogP contribution in [0.25, 0.3) is 0 Å². The van der Waals surface area contributed by atoms with Crippen LogP contribution in [0.15, 0.2) is 18.3 Å². The first-order valence-corrected chi connectivity index (χ1v) is 5.14. The highest BCUT2D eigenvalue weighted by Gasteiger charge is 2.26. The summed E-state index contributed by atoms with van der Waals surface area (Å²) in [5, 5.41) is 0. The average Bonchev–Trinajstić information content (AvgIpc) is 2.23. The molecule has 0 saturated heterocycles. The fraction of sp³-hybridized carbons (Fsp3) is 0.545. The molecule has 0 aromatic carbocycles. The second-order valence-corrected chi connectivity index (χ2v) is 3.84. The van der Waals surface area contributed by atoms with Crippen molar-refractivity contribution in [1.82, 2.24) is 4.98 Å². The molecule has 0 spiro atoms. The predicted molar refractivity (Wildman–Crippen MR) is 56.6 cm³/mol. The largest absolute Gasteiger partial charge is 0.481 e. The van der Waals surface area contributed by atoms with Crippen LogP contribution in [0.4, 0.5) is 0 Å². The molecule has 2 rings (SSSR count). The van der Waals surface area contributed by atoms with Crippen molar-refractivity contribution in [2.24, 2.45) is 5.73 Å². The smallest absolute Gasteiger partial charge is 0.218 e. The van der Waals surface area contributed by atoms with E-state index in [1.54, 1.807) is 13.3 Å². The fourth-order valence-corrected chi connectivity index (χ4v) is 1.67. The molecule has 0 radical (unpaired) electrons. The first kappa shape index (κ1) is 10.4. The van der Waals surface area contributed by atoms with Crippen LogP contribution in [-0.4, -0.2) is 24.2 Å². The molecule has 0 bridgehead atoms. The summed E-state index contributed by atoms with van der Waals surface area (Å²) >= 11 is 0. The first-order valence-electron chi connectivity index (χ1n) is 5.14. The highest BCUT2D eigenvalue weighted by molar-refractivity contribution is 5.24. The van der Waals surface area contributed by atoms with E-state index in [-0.39, 0.29) is 0 Å². The Kier molecular flexibility index (Phi) is 3.18. The summed E-state index contributed by atoms with van der Waals surface area (Å²) < 4.78 is 10.8. The van der Waals surface area contributed by atoms with Gasteiger partial charge in [0.25, 0.3) is 0 Å². The van der Waals surface area contributed by atoms with Crippen LogP contribution in [-0.2, 0) is 11.3 Å². The van der Waals surface area contributed by atoms with Gasteiger partial charge in [-0.05, 0) is 25.0 Å². The van der Waals surface area contributed by atoms with Crippen molar-refractivity contribution >= 4 is 0 Å². The lowest BCUT2D eigenvalue weighted by Gasteiger charge is -2.32. The highest BCUT2D eigenvalue weighted by Crippen LogP contribution is 2.24. The van der Waals surface area contributed by atoms with Gasteiger partial charge in [-0.15, -0.1) is 0 Å². The van der Waals surface area contributed by atoms with Crippen molar-refractivity contribution in [2.75, 3.05) is 7.11 Å². The van der Waals surface area contributed by atoms with E-state index in [1.165, 1.54) is 0 Å². The maximum atomic E-state index is 5.68. The van der Waals surface area contributed by atoms with Gasteiger partial charge in [0.2, 0.25) is 5.88 Å². The Balaban J connectivity index is 1.87. The quantitative estimate of drug-likeness (QED) is 0.805. The maximum Gasteiger partial charge on any atom is 0.218 e. The van der Waals surface area contributed by atoms with Crippen molar-refractivity contribution < 1.29 is 9.47 Å². The standard InChI is InChI=1S/C11H16N2O2/c1-14-11-8(3-2-4-13-11)7-15-10-5-9(12)6-10/h2-4,9-10H,5-7,12H2,1H3. The van der Waals surface area contributed by atoms with Gasteiger partial charge in [0.05, 0.1) is 19.8 Å². The molecule has 4 nitrogen and oxygen atoms in total. The van der Waals surface area contributed by atoms with E-state index in [1.807, 2.05) is 12.1 Å². The molecule has 82 valence electrons. The summed E-state index contributed by atoms with van der Waals surface area (Å²) in [5.41, 5.74) is 6.66. The Morgan fingerprint density at radius 2 is 2.33 bits per heavy atom. The molecule has 1 aliphatic rings. The molecule has 0 aliphatic heterocycles. The molecule has 0 atom stereocenters. The highest BCUT2D eigenvalue weighted by atomic mass is 16.5. The number of aromatic nitrogens is 1. The van der Waals surface area contributed by atoms with Gasteiger partial charge in [-0.1, -0.05) is 0 Å². The number of pyridine rings is 1. The third-order valence-corrected chi connectivity index (χ3v) is 2.65. The zero-order chi connectivity index (χ0) is 10.7. The number of rotatable bonds is 4. The molecule has 1 fully saturated rings. The SMILES string of the molecule is COc1ncccc1COC1CC(N)C1. The van der Waals surface area contributed by atoms with Crippen LogP contribution in [0.5, 0.6) is 5.88 Å². The number of nitrogens with zero attached hydrogens (tertiary/aromatic N) is 1. The second kappa shape index (κ2) is 4.59. The lowest BCUT2D eigenvalue weighted by molar-refractivity contribution is -0.0196. The topological polar surface area (TPSA) is 57.4 Å². The van der Waals surface area contributed by atoms with Gasteiger partial charge in [0.1, 0.15) is 0 Å². The summed E-state index contributed by atoms with van der Waals surface area (Å²) in [6.45, 7) is 0.550. The van der Waals surface area contributed by atoms with Gasteiger partial charge >= 0.3 is 0 Å². The number of hydrogen-bond acceptors (Lipinski definition) is 4. The predicted octanol–water partition coefficient (Wildman–Crippen LogP) is 1.10.